The Kier molecular flexibility index (Phi) is 37.3. The molecule has 1 aromatic carbocycles. The monoisotopic (exact) mass is 2150 g/mol. The number of imidazole rings is 3. The number of halogens is 18. The number of nitrogens with zero attached hydrogens (tertiary/aromatic N) is 22. The third-order valence-electron chi connectivity index (χ3n) is 14.9. The molecule has 17 aromatic heterocycles. The minimum Gasteiger partial charge on any atom is -0.426 e. The molecule has 138 heavy (non-hydrogen) atoms. The molecule has 18 rings (SSSR count). The smallest absolute Gasteiger partial charge is 0.336 e. The number of furan rings is 1. The van der Waals surface area contributed by atoms with E-state index in [1.165, 1.54) is 130 Å². The molecule has 11 N–H and O–H groups in total. The predicted octanol–water partition coefficient (Wildman–Crippen LogP) is 17.6. The van der Waals surface area contributed by atoms with Crippen molar-refractivity contribution in [1.29, 1.82) is 0 Å². The maximum Gasteiger partial charge on any atom is 0.336 e. The first-order valence-electron chi connectivity index (χ1n) is 36.0. The lowest BCUT2D eigenvalue weighted by molar-refractivity contribution is 0.0975. The fraction of sp³-hybridized carbons (Fsp3) is 0. The van der Waals surface area contributed by atoms with E-state index in [2.05, 4.69) is 180 Å². The average Bonchev–Trinajstić information content (AvgIpc) is 1.65. The Morgan fingerprint density at radius 2 is 0.725 bits per heavy atom. The van der Waals surface area contributed by atoms with Crippen molar-refractivity contribution >= 4 is 265 Å². The zero-order valence-corrected chi connectivity index (χ0v) is 76.6. The summed E-state index contributed by atoms with van der Waals surface area (Å²) in [6.07, 6.45) is 26.7. The minimum absolute atomic E-state index is 0.00351. The van der Waals surface area contributed by atoms with Gasteiger partial charge in [-0.05, 0) is 123 Å². The summed E-state index contributed by atoms with van der Waals surface area (Å²) in [7, 11) is 0. The number of benzene rings is 1. The molecule has 18 aromatic rings. The molecule has 0 saturated heterocycles. The number of thiophene rings is 2. The van der Waals surface area contributed by atoms with Gasteiger partial charge in [0.25, 0.3) is 65.2 Å². The van der Waals surface area contributed by atoms with Crippen molar-refractivity contribution in [2.75, 3.05) is 42.5 Å². The zero-order valence-electron chi connectivity index (χ0n) is 66.6. The molecule has 44 nitrogen and oxygen atoms in total. The first-order chi connectivity index (χ1) is 66.0. The first kappa shape index (κ1) is 103. The number of anilines is 8. The summed E-state index contributed by atoms with van der Waals surface area (Å²) >= 11 is 62.8. The van der Waals surface area contributed by atoms with Gasteiger partial charge in [0.2, 0.25) is 47.4 Å². The van der Waals surface area contributed by atoms with E-state index in [1.807, 2.05) is 0 Å². The zero-order chi connectivity index (χ0) is 99.2. The molecule has 0 fully saturated rings. The Morgan fingerprint density at radius 1 is 0.326 bits per heavy atom. The summed E-state index contributed by atoms with van der Waals surface area (Å²) in [5.74, 6) is -7.82. The maximum absolute atomic E-state index is 12.7. The molecule has 64 heteroatoms. The maximum atomic E-state index is 12.7. The number of hydrogen-bond acceptors (Lipinski definition) is 35. The van der Waals surface area contributed by atoms with Crippen LogP contribution in [0.4, 0.5) is 76.2 Å². The third kappa shape index (κ3) is 31.9. The van der Waals surface area contributed by atoms with E-state index in [4.69, 9.17) is 128 Å². The number of hydrogen-bond donors (Lipinski definition) is 11. The topological polar surface area (TPSA) is 603 Å². The Hall–Kier alpha value is -15.3. The highest BCUT2D eigenvalue weighted by molar-refractivity contribution is 7.12. The molecule has 17 heterocycles. The van der Waals surface area contributed by atoms with Crippen LogP contribution in [0.15, 0.2) is 186 Å². The van der Waals surface area contributed by atoms with E-state index < -0.39 is 87.3 Å². The van der Waals surface area contributed by atoms with Crippen molar-refractivity contribution in [3.63, 3.8) is 0 Å². The van der Waals surface area contributed by atoms with Crippen LogP contribution in [-0.2, 0) is 0 Å². The van der Waals surface area contributed by atoms with Crippen molar-refractivity contribution in [3.05, 3.63) is 315 Å². The van der Waals surface area contributed by atoms with Crippen LogP contribution in [0.5, 0.6) is 0 Å². The van der Waals surface area contributed by atoms with Crippen molar-refractivity contribution in [1.82, 2.24) is 125 Å². The van der Waals surface area contributed by atoms with Crippen molar-refractivity contribution in [3.8, 4) is 0 Å². The Balaban J connectivity index is 0.000000152. The number of amides is 8. The van der Waals surface area contributed by atoms with Gasteiger partial charge in [-0.3, -0.25) is 38.4 Å². The van der Waals surface area contributed by atoms with Gasteiger partial charge in [-0.2, -0.15) is 31.3 Å². The highest BCUT2D eigenvalue weighted by Crippen LogP contribution is 2.30. The lowest BCUT2D eigenvalue weighted by Gasteiger charge is -2.01. The van der Waals surface area contributed by atoms with E-state index in [1.54, 1.807) is 24.4 Å². The van der Waals surface area contributed by atoms with Gasteiger partial charge in [0.05, 0.1) is 187 Å². The predicted molar refractivity (Wildman–Crippen MR) is 484 cm³/mol. The van der Waals surface area contributed by atoms with Crippen molar-refractivity contribution < 1.29 is 82.3 Å². The molecule has 0 aliphatic rings. The van der Waals surface area contributed by atoms with E-state index in [-0.39, 0.29) is 98.4 Å². The molecule has 0 aliphatic carbocycles. The summed E-state index contributed by atoms with van der Waals surface area (Å²) in [6, 6.07) is 7.32. The number of aromatic amines is 3. The minimum atomic E-state index is -1.55. The molecule has 0 spiro atoms. The number of oxazole rings is 2. The molecular formula is C74H39Cl11F7N33O11S2. The van der Waals surface area contributed by atoms with Gasteiger partial charge in [-0.25, -0.2) is 109 Å². The lowest BCUT2D eigenvalue weighted by atomic mass is 10.3. The van der Waals surface area contributed by atoms with E-state index in [9.17, 15) is 69.1 Å². The van der Waals surface area contributed by atoms with Gasteiger partial charge in [-0.1, -0.05) is 46.1 Å². The molecule has 8 amide bonds. The van der Waals surface area contributed by atoms with Crippen molar-refractivity contribution in [2.24, 2.45) is 0 Å². The van der Waals surface area contributed by atoms with Gasteiger partial charge in [0.15, 0.2) is 34.2 Å². The summed E-state index contributed by atoms with van der Waals surface area (Å²) in [5, 5.41) is 19.7. The van der Waals surface area contributed by atoms with Crippen LogP contribution in [-0.4, -0.2) is 172 Å². The first-order valence-corrected chi connectivity index (χ1v) is 41.8. The summed E-state index contributed by atoms with van der Waals surface area (Å²) in [6.45, 7) is 0. The number of rotatable bonds is 16. The third-order valence-corrected chi connectivity index (χ3v) is 19.3. The van der Waals surface area contributed by atoms with Gasteiger partial charge >= 0.3 is 17.8 Å². The fourth-order valence-electron chi connectivity index (χ4n) is 9.11. The van der Waals surface area contributed by atoms with E-state index in [0.717, 1.165) is 29.7 Å². The van der Waals surface area contributed by atoms with Crippen LogP contribution in [0, 0.1) is 40.1 Å². The number of carbonyl (C=O) groups excluding carboxylic acids is 8. The van der Waals surface area contributed by atoms with Crippen LogP contribution in [0.1, 0.15) is 83.1 Å². The second-order valence-corrected chi connectivity index (χ2v) is 30.4. The van der Waals surface area contributed by atoms with Crippen LogP contribution in [0.25, 0.3) is 22.1 Å². The quantitative estimate of drug-likeness (QED) is 0.0243. The highest BCUT2D eigenvalue weighted by Gasteiger charge is 2.23. The normalized spacial score (nSPS) is 10.3. The van der Waals surface area contributed by atoms with Crippen LogP contribution < -0.4 is 42.5 Å². The van der Waals surface area contributed by atoms with Crippen LogP contribution in [0.3, 0.4) is 0 Å². The van der Waals surface area contributed by atoms with Crippen molar-refractivity contribution in [2.45, 2.75) is 0 Å². The molecule has 0 radical (unpaired) electrons. The van der Waals surface area contributed by atoms with Gasteiger partial charge in [-0.15, -0.1) is 11.3 Å². The van der Waals surface area contributed by atoms with Gasteiger partial charge in [0, 0.05) is 30.6 Å². The van der Waals surface area contributed by atoms with E-state index in [0.29, 0.717) is 82.7 Å². The standard InChI is InChI=1S/C12H6Cl3N5O.C11H6Cl2N6O.C9H4ClF2N3OS.C9H5ClFN3O2.C9H5ClFN3OS.C8H3ClF2N4O2.C8H4ClFN4O2.C8H6ClN5O/c13-6-1-2-7-9(8(6)14)20-10(19-7)11(21)18-5-3-16-12(15)17-4-5;12-8-1-6-7(4-14-8)19-9(18-6)10(20)17-5-2-15-11(13)16-3-5;10-9-13-2-4(3-14-9)15-8(16)6-1-5(11)7(12)17-6;2*10-9-12-3-5(4-13-9)14-8(15)6-1-2-7(11)16-6;9-8-12-1-3(2-13-8)14-6(16)7-15-4(10)5(11)17-7;9-8-12-1-4(2-13-8)14-6(15)7-11-3-5(10)16-7;9-8-12-3-5(4-13-8)14-7(15)6-10-1-2-11-6/h1-4H,(H,18,21)(H,19,20);1-4H,(H,17,20)(H,18,19);1-3H,(H,15,16);2*1-4H,(H,14,15);1-2H,(H,14,16);1-3H,(H,14,15);1-4H,(H,10,11)(H,14,15). The van der Waals surface area contributed by atoms with Crippen LogP contribution in [0.2, 0.25) is 57.5 Å². The summed E-state index contributed by atoms with van der Waals surface area (Å²) in [4.78, 5) is 183. The second-order valence-electron chi connectivity index (χ2n) is 24.4. The molecule has 704 valence electrons. The van der Waals surface area contributed by atoms with Crippen LogP contribution >= 0.6 is 150 Å². The fourth-order valence-corrected chi connectivity index (χ4v) is 11.7. The number of H-pyrrole nitrogens is 3. The molecule has 0 bridgehead atoms. The Bertz CT molecular complexity index is 6920. The molecule has 0 unspecified atom stereocenters. The summed E-state index contributed by atoms with van der Waals surface area (Å²) in [5.41, 5.74) is 5.00. The number of carbonyl (C=O) groups is 8. The number of fused-ring (bicyclic) bond motifs is 2. The van der Waals surface area contributed by atoms with Gasteiger partial charge < -0.3 is 70.7 Å². The largest absolute Gasteiger partial charge is 0.426 e. The molecular weight excluding hydrogens is 2110 g/mol. The Morgan fingerprint density at radius 3 is 1.09 bits per heavy atom. The summed E-state index contributed by atoms with van der Waals surface area (Å²) < 4.78 is 101. The second kappa shape index (κ2) is 49.8. The average molecular weight is 2150 g/mol. The SMILES string of the molecule is O=C(Nc1cnc(Cl)nc1)c1cc(F)c(F)s1.O=C(Nc1cnc(Cl)nc1)c1ccc(F)o1.O=C(Nc1cnc(Cl)nc1)c1ccc(F)s1.O=C(Nc1cnc(Cl)nc1)c1nc(F)c(F)o1.O=C(Nc1cnc(Cl)nc1)c1nc2c(Cl)c(Cl)ccc2[nH]1.O=C(Nc1cnc(Cl)nc1)c1nc2cc(Cl)ncc2[nH]1.O=C(Nc1cnc(Cl)nc1)c1ncc(F)o1.O=C(Nc1cnc(Cl)nc1)c1ncc[nH]1. The number of aromatic nitrogens is 25. The number of nitrogens with one attached hydrogen (secondary N) is 11. The highest BCUT2D eigenvalue weighted by atomic mass is 35.5. The molecule has 0 aliphatic heterocycles. The molecule has 0 atom stereocenters. The van der Waals surface area contributed by atoms with E-state index >= 15 is 0 Å². The number of pyridine rings is 1. The molecule has 0 saturated carbocycles. The Labute approximate surface area is 823 Å². The van der Waals surface area contributed by atoms with Gasteiger partial charge in [0.1, 0.15) is 16.9 Å². The lowest BCUT2D eigenvalue weighted by Crippen LogP contribution is -2.14.